The van der Waals surface area contributed by atoms with Gasteiger partial charge >= 0.3 is 0 Å². The van der Waals surface area contributed by atoms with Gasteiger partial charge in [-0.2, -0.15) is 0 Å². The summed E-state index contributed by atoms with van der Waals surface area (Å²) in [5.41, 5.74) is 1.26. The van der Waals surface area contributed by atoms with Crippen LogP contribution in [0.15, 0.2) is 24.3 Å². The number of fused-ring (bicyclic) bond motifs is 1. The third-order valence-corrected chi connectivity index (χ3v) is 4.48. The lowest BCUT2D eigenvalue weighted by atomic mass is 10.0. The summed E-state index contributed by atoms with van der Waals surface area (Å²) in [6.45, 7) is 4.86. The van der Waals surface area contributed by atoms with Gasteiger partial charge in [0.05, 0.1) is 12.8 Å². The van der Waals surface area contributed by atoms with Crippen LogP contribution in [0.3, 0.4) is 0 Å². The molecule has 2 aliphatic heterocycles. The summed E-state index contributed by atoms with van der Waals surface area (Å²) >= 11 is 0. The molecule has 3 heteroatoms. The molecule has 1 aromatic carbocycles. The van der Waals surface area contributed by atoms with Crippen molar-refractivity contribution in [2.24, 2.45) is 0 Å². The molecule has 0 aromatic heterocycles. The van der Waals surface area contributed by atoms with E-state index in [4.69, 9.17) is 4.74 Å². The highest BCUT2D eigenvalue weighted by Gasteiger charge is 2.27. The average molecular weight is 260 g/mol. The smallest absolute Gasteiger partial charge is 0.142 e. The van der Waals surface area contributed by atoms with Crippen molar-refractivity contribution >= 4 is 5.69 Å². The molecule has 1 unspecified atom stereocenters. The first-order valence-corrected chi connectivity index (χ1v) is 7.50. The maximum absolute atomic E-state index is 5.52. The molecule has 104 valence electrons. The number of anilines is 1. The minimum Gasteiger partial charge on any atom is -0.495 e. The maximum atomic E-state index is 5.52. The van der Waals surface area contributed by atoms with Crippen LogP contribution in [-0.2, 0) is 0 Å². The topological polar surface area (TPSA) is 15.7 Å². The van der Waals surface area contributed by atoms with Crippen molar-refractivity contribution < 1.29 is 4.74 Å². The number of hydrogen-bond donors (Lipinski definition) is 0. The second-order valence-corrected chi connectivity index (χ2v) is 5.66. The van der Waals surface area contributed by atoms with Crippen LogP contribution in [0.4, 0.5) is 5.69 Å². The Morgan fingerprint density at radius 2 is 1.89 bits per heavy atom. The van der Waals surface area contributed by atoms with Crippen LogP contribution in [0, 0.1) is 0 Å². The van der Waals surface area contributed by atoms with Crippen LogP contribution in [0.2, 0.25) is 0 Å². The summed E-state index contributed by atoms with van der Waals surface area (Å²) in [5.74, 6) is 1.01. The summed E-state index contributed by atoms with van der Waals surface area (Å²) in [4.78, 5) is 5.22. The van der Waals surface area contributed by atoms with E-state index < -0.39 is 0 Å². The maximum Gasteiger partial charge on any atom is 0.142 e. The van der Waals surface area contributed by atoms with Gasteiger partial charge in [-0.3, -0.25) is 4.90 Å². The molecular formula is C16H24N2O. The Hall–Kier alpha value is -1.22. The summed E-state index contributed by atoms with van der Waals surface area (Å²) < 4.78 is 5.52. The third-order valence-electron chi connectivity index (χ3n) is 4.48. The molecule has 1 aromatic rings. The van der Waals surface area contributed by atoms with Gasteiger partial charge < -0.3 is 9.64 Å². The van der Waals surface area contributed by atoms with Crippen molar-refractivity contribution in [3.8, 4) is 5.75 Å². The number of methoxy groups -OCH3 is 1. The van der Waals surface area contributed by atoms with Gasteiger partial charge in [-0.15, -0.1) is 0 Å². The van der Waals surface area contributed by atoms with Gasteiger partial charge in [-0.05, 0) is 37.9 Å². The molecule has 19 heavy (non-hydrogen) atoms. The van der Waals surface area contributed by atoms with Crippen LogP contribution < -0.4 is 9.64 Å². The van der Waals surface area contributed by atoms with Crippen molar-refractivity contribution in [3.63, 3.8) is 0 Å². The van der Waals surface area contributed by atoms with Gasteiger partial charge in [0.25, 0.3) is 0 Å². The van der Waals surface area contributed by atoms with E-state index in [2.05, 4.69) is 28.0 Å². The summed E-state index contributed by atoms with van der Waals surface area (Å²) in [7, 11) is 1.77. The van der Waals surface area contributed by atoms with E-state index in [9.17, 15) is 0 Å². The molecule has 0 spiro atoms. The number of para-hydroxylation sites is 2. The first kappa shape index (κ1) is 12.8. The molecule has 0 amide bonds. The second-order valence-electron chi connectivity index (χ2n) is 5.66. The van der Waals surface area contributed by atoms with Gasteiger partial charge in [0.15, 0.2) is 0 Å². The number of hydrogen-bond acceptors (Lipinski definition) is 3. The Morgan fingerprint density at radius 1 is 1.05 bits per heavy atom. The number of piperidine rings is 1. The highest BCUT2D eigenvalue weighted by Crippen LogP contribution is 2.31. The zero-order chi connectivity index (χ0) is 13.1. The number of nitrogens with zero attached hydrogens (tertiary/aromatic N) is 2. The van der Waals surface area contributed by atoms with E-state index in [1.54, 1.807) is 7.11 Å². The summed E-state index contributed by atoms with van der Waals surface area (Å²) in [6, 6.07) is 9.16. The summed E-state index contributed by atoms with van der Waals surface area (Å²) in [5, 5.41) is 0. The van der Waals surface area contributed by atoms with Gasteiger partial charge in [0, 0.05) is 25.7 Å². The van der Waals surface area contributed by atoms with Gasteiger partial charge in [0.1, 0.15) is 5.75 Å². The lowest BCUT2D eigenvalue weighted by Gasteiger charge is -2.36. The van der Waals surface area contributed by atoms with E-state index in [-0.39, 0.29) is 0 Å². The highest BCUT2D eigenvalue weighted by atomic mass is 16.5. The Morgan fingerprint density at radius 3 is 2.79 bits per heavy atom. The van der Waals surface area contributed by atoms with Crippen LogP contribution in [0.1, 0.15) is 25.7 Å². The Labute approximate surface area is 116 Å². The van der Waals surface area contributed by atoms with Crippen molar-refractivity contribution in [2.75, 3.05) is 38.2 Å². The first-order valence-electron chi connectivity index (χ1n) is 7.50. The normalized spacial score (nSPS) is 24.7. The van der Waals surface area contributed by atoms with Crippen LogP contribution in [-0.4, -0.2) is 44.2 Å². The largest absolute Gasteiger partial charge is 0.495 e. The van der Waals surface area contributed by atoms with Crippen LogP contribution in [0.5, 0.6) is 5.75 Å². The molecule has 2 aliphatic rings. The fraction of sp³-hybridized carbons (Fsp3) is 0.625. The Bertz CT molecular complexity index is 421. The lowest BCUT2D eigenvalue weighted by Crippen LogP contribution is -2.44. The quantitative estimate of drug-likeness (QED) is 0.813. The number of benzene rings is 1. The molecule has 0 radical (unpaired) electrons. The van der Waals surface area contributed by atoms with Crippen molar-refractivity contribution in [1.82, 2.24) is 4.90 Å². The highest BCUT2D eigenvalue weighted by molar-refractivity contribution is 5.58. The molecule has 0 bridgehead atoms. The minimum absolute atomic E-state index is 0.737. The molecule has 0 saturated carbocycles. The SMILES string of the molecule is COc1ccccc1N1CCCN2CCCCC2C1. The molecule has 2 saturated heterocycles. The Balaban J connectivity index is 1.80. The van der Waals surface area contributed by atoms with E-state index in [1.165, 1.54) is 44.5 Å². The number of rotatable bonds is 2. The van der Waals surface area contributed by atoms with Gasteiger partial charge in [-0.25, -0.2) is 0 Å². The fourth-order valence-electron chi connectivity index (χ4n) is 3.48. The molecular weight excluding hydrogens is 236 g/mol. The zero-order valence-electron chi connectivity index (χ0n) is 11.8. The zero-order valence-corrected chi connectivity index (χ0v) is 11.8. The Kier molecular flexibility index (Phi) is 3.92. The number of ether oxygens (including phenoxy) is 1. The van der Waals surface area contributed by atoms with E-state index in [0.717, 1.165) is 24.9 Å². The molecule has 3 rings (SSSR count). The fourth-order valence-corrected chi connectivity index (χ4v) is 3.48. The molecule has 1 atom stereocenters. The van der Waals surface area contributed by atoms with Crippen LogP contribution >= 0.6 is 0 Å². The average Bonchev–Trinajstić information content (AvgIpc) is 2.69. The first-order chi connectivity index (χ1) is 9.38. The van der Waals surface area contributed by atoms with E-state index in [0.29, 0.717) is 0 Å². The van der Waals surface area contributed by atoms with Crippen molar-refractivity contribution in [3.05, 3.63) is 24.3 Å². The molecule has 2 fully saturated rings. The van der Waals surface area contributed by atoms with Gasteiger partial charge in [0.2, 0.25) is 0 Å². The van der Waals surface area contributed by atoms with Crippen LogP contribution in [0.25, 0.3) is 0 Å². The van der Waals surface area contributed by atoms with Gasteiger partial charge in [-0.1, -0.05) is 18.6 Å². The predicted octanol–water partition coefficient (Wildman–Crippen LogP) is 2.76. The van der Waals surface area contributed by atoms with Crippen molar-refractivity contribution in [2.45, 2.75) is 31.7 Å². The molecule has 0 N–H and O–H groups in total. The minimum atomic E-state index is 0.737. The third kappa shape index (κ3) is 2.71. The van der Waals surface area contributed by atoms with Crippen molar-refractivity contribution in [1.29, 1.82) is 0 Å². The van der Waals surface area contributed by atoms with E-state index in [1.807, 2.05) is 6.07 Å². The predicted molar refractivity (Wildman–Crippen MR) is 79.0 cm³/mol. The van der Waals surface area contributed by atoms with E-state index >= 15 is 0 Å². The molecule has 0 aliphatic carbocycles. The lowest BCUT2D eigenvalue weighted by molar-refractivity contribution is 0.162. The molecule has 3 nitrogen and oxygen atoms in total. The molecule has 2 heterocycles. The summed E-state index contributed by atoms with van der Waals surface area (Å²) in [6.07, 6.45) is 5.38. The monoisotopic (exact) mass is 260 g/mol. The second kappa shape index (κ2) is 5.83. The standard InChI is InChI=1S/C16H24N2O/c1-19-16-9-3-2-8-15(16)18-12-6-11-17-10-5-4-7-14(17)13-18/h2-3,8-9,14H,4-7,10-13H2,1H3.